The van der Waals surface area contributed by atoms with Crippen molar-refractivity contribution < 1.29 is 9.59 Å². The summed E-state index contributed by atoms with van der Waals surface area (Å²) in [6.07, 6.45) is 3.40. The number of imidazole rings is 1. The number of carbonyl (C=O) groups is 2. The summed E-state index contributed by atoms with van der Waals surface area (Å²) < 4.78 is 1.79. The zero-order valence-electron chi connectivity index (χ0n) is 14.7. The molecule has 1 heterocycles. The van der Waals surface area contributed by atoms with Crippen LogP contribution in [0.4, 0.5) is 5.95 Å². The lowest BCUT2D eigenvalue weighted by Gasteiger charge is -2.15. The first-order chi connectivity index (χ1) is 12.6. The van der Waals surface area contributed by atoms with E-state index in [1.165, 1.54) is 0 Å². The fraction of sp³-hybridized carbons (Fsp3) is 0.150. The Morgan fingerprint density at radius 3 is 2.54 bits per heavy atom. The van der Waals surface area contributed by atoms with Crippen molar-refractivity contribution >= 4 is 17.8 Å². The standard InChI is InChI=1S/C20H20N4O2/c1-3-23(2)19(26)16-9-7-8-15(14-16)18(25)22-20-21-12-13-24(20)17-10-5-4-6-11-17/h4-14H,3H2,1-2H3,(H,21,22,25). The number of carbonyl (C=O) groups excluding carboxylic acids is 2. The van der Waals surface area contributed by atoms with Gasteiger partial charge in [0.25, 0.3) is 11.8 Å². The second-order valence-corrected chi connectivity index (χ2v) is 5.81. The summed E-state index contributed by atoms with van der Waals surface area (Å²) >= 11 is 0. The Morgan fingerprint density at radius 2 is 1.81 bits per heavy atom. The van der Waals surface area contributed by atoms with E-state index in [0.717, 1.165) is 5.69 Å². The Labute approximate surface area is 152 Å². The van der Waals surface area contributed by atoms with Crippen LogP contribution in [0.15, 0.2) is 67.0 Å². The van der Waals surface area contributed by atoms with Crippen molar-refractivity contribution in [3.63, 3.8) is 0 Å². The van der Waals surface area contributed by atoms with Crippen molar-refractivity contribution in [1.82, 2.24) is 14.5 Å². The van der Waals surface area contributed by atoms with Crippen LogP contribution < -0.4 is 5.32 Å². The zero-order chi connectivity index (χ0) is 18.5. The lowest BCUT2D eigenvalue weighted by atomic mass is 10.1. The number of nitrogens with zero attached hydrogens (tertiary/aromatic N) is 3. The predicted octanol–water partition coefficient (Wildman–Crippen LogP) is 3.22. The van der Waals surface area contributed by atoms with E-state index < -0.39 is 0 Å². The Kier molecular flexibility index (Phi) is 5.12. The van der Waals surface area contributed by atoms with E-state index in [4.69, 9.17) is 0 Å². The molecule has 2 aromatic carbocycles. The average Bonchev–Trinajstić information content (AvgIpc) is 3.15. The molecule has 0 atom stereocenters. The van der Waals surface area contributed by atoms with E-state index >= 15 is 0 Å². The van der Waals surface area contributed by atoms with Gasteiger partial charge >= 0.3 is 0 Å². The molecular formula is C20H20N4O2. The molecule has 132 valence electrons. The predicted molar refractivity (Wildman–Crippen MR) is 101 cm³/mol. The monoisotopic (exact) mass is 348 g/mol. The average molecular weight is 348 g/mol. The SMILES string of the molecule is CCN(C)C(=O)c1cccc(C(=O)Nc2nccn2-c2ccccc2)c1. The summed E-state index contributed by atoms with van der Waals surface area (Å²) in [6, 6.07) is 16.3. The zero-order valence-corrected chi connectivity index (χ0v) is 14.7. The molecule has 1 aromatic heterocycles. The van der Waals surface area contributed by atoms with E-state index in [2.05, 4.69) is 10.3 Å². The highest BCUT2D eigenvalue weighted by atomic mass is 16.2. The Bertz CT molecular complexity index is 918. The third-order valence-electron chi connectivity index (χ3n) is 4.09. The minimum atomic E-state index is -0.317. The number of anilines is 1. The van der Waals surface area contributed by atoms with E-state index in [1.807, 2.05) is 37.3 Å². The Balaban J connectivity index is 1.82. The van der Waals surface area contributed by atoms with Crippen LogP contribution in [0.2, 0.25) is 0 Å². The molecule has 0 bridgehead atoms. The van der Waals surface area contributed by atoms with Gasteiger partial charge in [-0.1, -0.05) is 24.3 Å². The molecule has 0 fully saturated rings. The number of hydrogen-bond donors (Lipinski definition) is 1. The quantitative estimate of drug-likeness (QED) is 0.770. The van der Waals surface area contributed by atoms with E-state index in [9.17, 15) is 9.59 Å². The molecule has 3 rings (SSSR count). The van der Waals surface area contributed by atoms with Crippen LogP contribution in [0, 0.1) is 0 Å². The van der Waals surface area contributed by atoms with Crippen molar-refractivity contribution in [2.75, 3.05) is 18.9 Å². The fourth-order valence-electron chi connectivity index (χ4n) is 2.52. The highest BCUT2D eigenvalue weighted by molar-refractivity contribution is 6.05. The van der Waals surface area contributed by atoms with E-state index in [-0.39, 0.29) is 11.8 Å². The topological polar surface area (TPSA) is 67.2 Å². The minimum Gasteiger partial charge on any atom is -0.342 e. The number of hydrogen-bond acceptors (Lipinski definition) is 3. The first kappa shape index (κ1) is 17.4. The van der Waals surface area contributed by atoms with Gasteiger partial charge in [-0.05, 0) is 37.3 Å². The molecule has 6 heteroatoms. The molecule has 0 saturated carbocycles. The summed E-state index contributed by atoms with van der Waals surface area (Å²) in [5.41, 5.74) is 1.78. The van der Waals surface area contributed by atoms with Crippen LogP contribution in [-0.2, 0) is 0 Å². The summed E-state index contributed by atoms with van der Waals surface area (Å²) in [5, 5.41) is 2.80. The molecule has 0 aliphatic rings. The molecule has 0 saturated heterocycles. The van der Waals surface area contributed by atoms with E-state index in [1.54, 1.807) is 53.2 Å². The maximum Gasteiger partial charge on any atom is 0.258 e. The van der Waals surface area contributed by atoms with Gasteiger partial charge in [0.2, 0.25) is 5.95 Å². The Morgan fingerprint density at radius 1 is 1.08 bits per heavy atom. The number of nitrogens with one attached hydrogen (secondary N) is 1. The van der Waals surface area contributed by atoms with Crippen LogP contribution >= 0.6 is 0 Å². The van der Waals surface area contributed by atoms with Gasteiger partial charge in [0.05, 0.1) is 0 Å². The summed E-state index contributed by atoms with van der Waals surface area (Å²) in [7, 11) is 1.73. The summed E-state index contributed by atoms with van der Waals surface area (Å²) in [5.74, 6) is -0.0151. The van der Waals surface area contributed by atoms with Crippen LogP contribution in [0.5, 0.6) is 0 Å². The lowest BCUT2D eigenvalue weighted by Crippen LogP contribution is -2.26. The van der Waals surface area contributed by atoms with Crippen LogP contribution in [0.3, 0.4) is 0 Å². The summed E-state index contributed by atoms with van der Waals surface area (Å²) in [6.45, 7) is 2.50. The minimum absolute atomic E-state index is 0.118. The van der Waals surface area contributed by atoms with Crippen molar-refractivity contribution in [2.45, 2.75) is 6.92 Å². The largest absolute Gasteiger partial charge is 0.342 e. The highest BCUT2D eigenvalue weighted by Crippen LogP contribution is 2.15. The molecule has 0 radical (unpaired) electrons. The van der Waals surface area contributed by atoms with Gasteiger partial charge in [-0.15, -0.1) is 0 Å². The summed E-state index contributed by atoms with van der Waals surface area (Å²) in [4.78, 5) is 30.7. The molecular weight excluding hydrogens is 328 g/mol. The maximum atomic E-state index is 12.6. The molecule has 26 heavy (non-hydrogen) atoms. The van der Waals surface area contributed by atoms with Crippen molar-refractivity contribution in [3.05, 3.63) is 78.1 Å². The molecule has 6 nitrogen and oxygen atoms in total. The normalized spacial score (nSPS) is 10.4. The number of amides is 2. The van der Waals surface area contributed by atoms with Gasteiger partial charge in [0.1, 0.15) is 0 Å². The number of rotatable bonds is 5. The van der Waals surface area contributed by atoms with Gasteiger partial charge in [0, 0.05) is 42.8 Å². The smallest absolute Gasteiger partial charge is 0.258 e. The van der Waals surface area contributed by atoms with Crippen LogP contribution in [0.25, 0.3) is 5.69 Å². The lowest BCUT2D eigenvalue weighted by molar-refractivity contribution is 0.0802. The molecule has 0 aliphatic carbocycles. The molecule has 0 spiro atoms. The number of benzene rings is 2. The third kappa shape index (κ3) is 3.64. The highest BCUT2D eigenvalue weighted by Gasteiger charge is 2.15. The van der Waals surface area contributed by atoms with Crippen molar-refractivity contribution in [3.8, 4) is 5.69 Å². The van der Waals surface area contributed by atoms with Crippen molar-refractivity contribution in [2.24, 2.45) is 0 Å². The molecule has 0 aliphatic heterocycles. The number of para-hydroxylation sites is 1. The molecule has 0 unspecified atom stereocenters. The van der Waals surface area contributed by atoms with Gasteiger partial charge in [-0.25, -0.2) is 4.98 Å². The van der Waals surface area contributed by atoms with Gasteiger partial charge in [-0.2, -0.15) is 0 Å². The van der Waals surface area contributed by atoms with Gasteiger partial charge in [0.15, 0.2) is 0 Å². The Hall–Kier alpha value is -3.41. The second-order valence-electron chi connectivity index (χ2n) is 5.81. The van der Waals surface area contributed by atoms with Gasteiger partial charge in [-0.3, -0.25) is 19.5 Å². The molecule has 2 amide bonds. The van der Waals surface area contributed by atoms with E-state index in [0.29, 0.717) is 23.6 Å². The second kappa shape index (κ2) is 7.65. The van der Waals surface area contributed by atoms with Crippen LogP contribution in [0.1, 0.15) is 27.6 Å². The maximum absolute atomic E-state index is 12.6. The third-order valence-corrected chi connectivity index (χ3v) is 4.09. The van der Waals surface area contributed by atoms with Gasteiger partial charge < -0.3 is 4.90 Å². The molecule has 3 aromatic rings. The van der Waals surface area contributed by atoms with Crippen LogP contribution in [-0.4, -0.2) is 39.9 Å². The molecule has 1 N–H and O–H groups in total. The van der Waals surface area contributed by atoms with Crippen molar-refractivity contribution in [1.29, 1.82) is 0 Å². The first-order valence-corrected chi connectivity index (χ1v) is 8.36. The first-order valence-electron chi connectivity index (χ1n) is 8.36. The number of aromatic nitrogens is 2. The fourth-order valence-corrected chi connectivity index (χ4v) is 2.52.